The predicted molar refractivity (Wildman–Crippen MR) is 74.2 cm³/mol. The molecule has 1 aliphatic carbocycles. The molecule has 0 spiro atoms. The van der Waals surface area contributed by atoms with Gasteiger partial charge in [0.05, 0.1) is 6.54 Å². The molecular formula is C14H24N4O. The van der Waals surface area contributed by atoms with Gasteiger partial charge in [-0.2, -0.15) is 0 Å². The number of nitrogens with zero attached hydrogens (tertiary/aromatic N) is 2. The molecule has 1 amide bonds. The zero-order valence-corrected chi connectivity index (χ0v) is 11.8. The second kappa shape index (κ2) is 6.19. The predicted octanol–water partition coefficient (Wildman–Crippen LogP) is 1.28. The van der Waals surface area contributed by atoms with Crippen molar-refractivity contribution in [3.63, 3.8) is 0 Å². The number of nitrogens with one attached hydrogen (secondary N) is 1. The zero-order chi connectivity index (χ0) is 13.8. The van der Waals surface area contributed by atoms with Gasteiger partial charge in [-0.05, 0) is 25.2 Å². The molecule has 1 fully saturated rings. The Hall–Kier alpha value is -1.36. The maximum absolute atomic E-state index is 12.0. The van der Waals surface area contributed by atoms with Crippen molar-refractivity contribution in [3.05, 3.63) is 18.2 Å². The lowest BCUT2D eigenvalue weighted by Crippen LogP contribution is -2.31. The highest BCUT2D eigenvalue weighted by atomic mass is 16.1. The van der Waals surface area contributed by atoms with Crippen LogP contribution in [0.3, 0.4) is 0 Å². The van der Waals surface area contributed by atoms with Gasteiger partial charge < -0.3 is 15.6 Å². The van der Waals surface area contributed by atoms with Crippen molar-refractivity contribution in [3.8, 4) is 0 Å². The van der Waals surface area contributed by atoms with Gasteiger partial charge in [0.25, 0.3) is 0 Å². The molecule has 1 saturated carbocycles. The first-order chi connectivity index (χ1) is 9.06. The lowest BCUT2D eigenvalue weighted by atomic mass is 10.1. The third-order valence-corrected chi connectivity index (χ3v) is 3.63. The van der Waals surface area contributed by atoms with E-state index in [4.69, 9.17) is 5.73 Å². The molecule has 0 saturated heterocycles. The van der Waals surface area contributed by atoms with Crippen LogP contribution in [0.4, 0.5) is 0 Å². The Balaban J connectivity index is 1.85. The Labute approximate surface area is 114 Å². The Morgan fingerprint density at radius 1 is 1.58 bits per heavy atom. The van der Waals surface area contributed by atoms with Crippen molar-refractivity contribution in [2.24, 2.45) is 17.6 Å². The standard InChI is InChI=1S/C14H24N4O/c1-10(2)9-18-6-5-16-13(18)8-17-14(19)11-3-4-12(15)7-11/h5-6,10-12H,3-4,7-9,15H2,1-2H3,(H,17,19). The number of amides is 1. The maximum atomic E-state index is 12.0. The van der Waals surface area contributed by atoms with Crippen molar-refractivity contribution in [2.45, 2.75) is 52.2 Å². The fourth-order valence-electron chi connectivity index (χ4n) is 2.63. The summed E-state index contributed by atoms with van der Waals surface area (Å²) in [6.45, 7) is 5.77. The van der Waals surface area contributed by atoms with Gasteiger partial charge in [0.2, 0.25) is 5.91 Å². The smallest absolute Gasteiger partial charge is 0.223 e. The second-order valence-corrected chi connectivity index (χ2v) is 5.88. The topological polar surface area (TPSA) is 72.9 Å². The zero-order valence-electron chi connectivity index (χ0n) is 11.8. The molecule has 1 heterocycles. The van der Waals surface area contributed by atoms with E-state index in [0.29, 0.717) is 12.5 Å². The minimum atomic E-state index is 0.0866. The number of nitrogens with two attached hydrogens (primary N) is 1. The van der Waals surface area contributed by atoms with Gasteiger partial charge in [-0.25, -0.2) is 4.98 Å². The fraction of sp³-hybridized carbons (Fsp3) is 0.714. The first kappa shape index (κ1) is 14.1. The molecular weight excluding hydrogens is 240 g/mol. The van der Waals surface area contributed by atoms with Crippen LogP contribution >= 0.6 is 0 Å². The van der Waals surface area contributed by atoms with E-state index in [1.165, 1.54) is 0 Å². The molecule has 1 aliphatic rings. The molecule has 2 atom stereocenters. The lowest BCUT2D eigenvalue weighted by Gasteiger charge is -2.13. The van der Waals surface area contributed by atoms with Gasteiger partial charge in [0, 0.05) is 30.9 Å². The lowest BCUT2D eigenvalue weighted by molar-refractivity contribution is -0.125. The van der Waals surface area contributed by atoms with Gasteiger partial charge in [0.15, 0.2) is 0 Å². The summed E-state index contributed by atoms with van der Waals surface area (Å²) >= 11 is 0. The summed E-state index contributed by atoms with van der Waals surface area (Å²) in [5, 5.41) is 2.98. The molecule has 1 aromatic heterocycles. The van der Waals surface area contributed by atoms with Gasteiger partial charge in [-0.15, -0.1) is 0 Å². The summed E-state index contributed by atoms with van der Waals surface area (Å²) in [7, 11) is 0. The number of carbonyl (C=O) groups is 1. The molecule has 0 aromatic carbocycles. The van der Waals surface area contributed by atoms with Crippen LogP contribution in [0.15, 0.2) is 12.4 Å². The van der Waals surface area contributed by atoms with E-state index >= 15 is 0 Å². The Bertz CT molecular complexity index is 427. The van der Waals surface area contributed by atoms with E-state index in [1.807, 2.05) is 6.20 Å². The quantitative estimate of drug-likeness (QED) is 0.841. The van der Waals surface area contributed by atoms with Crippen LogP contribution in [0, 0.1) is 11.8 Å². The first-order valence-electron chi connectivity index (χ1n) is 7.09. The van der Waals surface area contributed by atoms with E-state index in [9.17, 15) is 4.79 Å². The molecule has 1 aromatic rings. The second-order valence-electron chi connectivity index (χ2n) is 5.88. The minimum absolute atomic E-state index is 0.0866. The van der Waals surface area contributed by atoms with Crippen LogP contribution in [0.1, 0.15) is 38.9 Å². The minimum Gasteiger partial charge on any atom is -0.349 e. The normalized spacial score (nSPS) is 22.9. The van der Waals surface area contributed by atoms with E-state index in [0.717, 1.165) is 31.6 Å². The Morgan fingerprint density at radius 3 is 3.00 bits per heavy atom. The highest BCUT2D eigenvalue weighted by Gasteiger charge is 2.27. The molecule has 5 nitrogen and oxygen atoms in total. The van der Waals surface area contributed by atoms with Crippen LogP contribution in [0.5, 0.6) is 0 Å². The SMILES string of the molecule is CC(C)Cn1ccnc1CNC(=O)C1CCC(N)C1. The van der Waals surface area contributed by atoms with Crippen molar-refractivity contribution < 1.29 is 4.79 Å². The largest absolute Gasteiger partial charge is 0.349 e. The fourth-order valence-corrected chi connectivity index (χ4v) is 2.63. The molecule has 0 bridgehead atoms. The molecule has 5 heteroatoms. The Kier molecular flexibility index (Phi) is 4.58. The third kappa shape index (κ3) is 3.80. The number of hydrogen-bond acceptors (Lipinski definition) is 3. The third-order valence-electron chi connectivity index (χ3n) is 3.63. The molecule has 106 valence electrons. The molecule has 2 unspecified atom stereocenters. The number of carbonyl (C=O) groups excluding carboxylic acids is 1. The number of rotatable bonds is 5. The highest BCUT2D eigenvalue weighted by Crippen LogP contribution is 2.24. The average Bonchev–Trinajstić information content (AvgIpc) is 2.95. The summed E-state index contributed by atoms with van der Waals surface area (Å²) in [6, 6.07) is 0.193. The molecule has 19 heavy (non-hydrogen) atoms. The number of hydrogen-bond donors (Lipinski definition) is 2. The molecule has 0 radical (unpaired) electrons. The Morgan fingerprint density at radius 2 is 2.37 bits per heavy atom. The van der Waals surface area contributed by atoms with Crippen LogP contribution in [0.2, 0.25) is 0 Å². The maximum Gasteiger partial charge on any atom is 0.223 e. The highest BCUT2D eigenvalue weighted by molar-refractivity contribution is 5.78. The monoisotopic (exact) mass is 264 g/mol. The summed E-state index contributed by atoms with van der Waals surface area (Å²) in [6.07, 6.45) is 6.43. The van der Waals surface area contributed by atoms with Crippen LogP contribution in [0.25, 0.3) is 0 Å². The molecule has 2 rings (SSSR count). The van der Waals surface area contributed by atoms with Gasteiger partial charge in [-0.3, -0.25) is 4.79 Å². The first-order valence-corrected chi connectivity index (χ1v) is 7.09. The van der Waals surface area contributed by atoms with Crippen molar-refractivity contribution in [1.82, 2.24) is 14.9 Å². The van der Waals surface area contributed by atoms with Crippen LogP contribution < -0.4 is 11.1 Å². The van der Waals surface area contributed by atoms with E-state index in [1.54, 1.807) is 6.20 Å². The van der Waals surface area contributed by atoms with Gasteiger partial charge in [0.1, 0.15) is 5.82 Å². The number of imidazole rings is 1. The van der Waals surface area contributed by atoms with E-state index in [2.05, 4.69) is 28.7 Å². The summed E-state index contributed by atoms with van der Waals surface area (Å²) < 4.78 is 2.10. The van der Waals surface area contributed by atoms with Gasteiger partial charge >= 0.3 is 0 Å². The van der Waals surface area contributed by atoms with Crippen LogP contribution in [-0.4, -0.2) is 21.5 Å². The van der Waals surface area contributed by atoms with Crippen molar-refractivity contribution in [2.75, 3.05) is 0 Å². The van der Waals surface area contributed by atoms with Gasteiger partial charge in [-0.1, -0.05) is 13.8 Å². The van der Waals surface area contributed by atoms with E-state index in [-0.39, 0.29) is 17.9 Å². The average molecular weight is 264 g/mol. The van der Waals surface area contributed by atoms with Crippen molar-refractivity contribution in [1.29, 1.82) is 0 Å². The van der Waals surface area contributed by atoms with Crippen LogP contribution in [-0.2, 0) is 17.9 Å². The summed E-state index contributed by atoms with van der Waals surface area (Å²) in [5.41, 5.74) is 5.84. The molecule has 0 aliphatic heterocycles. The summed E-state index contributed by atoms with van der Waals surface area (Å²) in [4.78, 5) is 16.3. The number of aromatic nitrogens is 2. The van der Waals surface area contributed by atoms with Crippen molar-refractivity contribution >= 4 is 5.91 Å². The van der Waals surface area contributed by atoms with E-state index < -0.39 is 0 Å². The summed E-state index contributed by atoms with van der Waals surface area (Å²) in [5.74, 6) is 1.69. The molecule has 3 N–H and O–H groups in total.